The van der Waals surface area contributed by atoms with Crippen molar-refractivity contribution in [2.75, 3.05) is 0 Å². The van der Waals surface area contributed by atoms with Crippen molar-refractivity contribution in [1.29, 1.82) is 5.41 Å². The molecule has 3 nitrogen and oxygen atoms in total. The van der Waals surface area contributed by atoms with Crippen LogP contribution in [0.1, 0.15) is 6.92 Å². The van der Waals surface area contributed by atoms with Crippen LogP contribution in [-0.2, 0) is 0 Å². The quantitative estimate of drug-likeness (QED) is 0.272. The highest BCUT2D eigenvalue weighted by Crippen LogP contribution is 1.61. The molecule has 0 aliphatic rings. The molecule has 0 atom stereocenters. The maximum Gasteiger partial charge on any atom is 0.0939 e. The van der Waals surface area contributed by atoms with Crippen molar-refractivity contribution in [1.82, 2.24) is 0 Å². The molecule has 0 bridgehead atoms. The molecule has 0 unspecified atom stereocenters. The average Bonchev–Trinajstić information content (AvgIpc) is 1.65. The molecule has 0 spiro atoms. The maximum atomic E-state index is 7.77. The Kier molecular flexibility index (Phi) is 2.04. The lowest BCUT2D eigenvalue weighted by Crippen LogP contribution is -1.87. The van der Waals surface area contributed by atoms with Crippen LogP contribution in [0, 0.1) is 5.41 Å². The van der Waals surface area contributed by atoms with E-state index in [9.17, 15) is 0 Å². The van der Waals surface area contributed by atoms with Crippen LogP contribution in [0.3, 0.4) is 0 Å². The lowest BCUT2D eigenvalue weighted by atomic mass is 10.5. The summed E-state index contributed by atoms with van der Waals surface area (Å²) in [5.74, 6) is 0. The van der Waals surface area contributed by atoms with E-state index in [-0.39, 0.29) is 0 Å². The molecule has 0 aliphatic heterocycles. The number of oxime groups is 1. The molecule has 0 amide bonds. The molecule has 0 saturated heterocycles. The first-order chi connectivity index (χ1) is 2.81. The van der Waals surface area contributed by atoms with Crippen molar-refractivity contribution in [2.45, 2.75) is 6.92 Å². The molecule has 0 rings (SSSR count). The molecule has 0 aromatic heterocycles. The van der Waals surface area contributed by atoms with E-state index in [1.807, 2.05) is 0 Å². The number of rotatable bonds is 1. The van der Waals surface area contributed by atoms with Gasteiger partial charge in [-0.3, -0.25) is 0 Å². The Morgan fingerprint density at radius 2 is 2.50 bits per heavy atom. The van der Waals surface area contributed by atoms with Gasteiger partial charge in [0, 0.05) is 6.21 Å². The van der Waals surface area contributed by atoms with Crippen LogP contribution in [0.15, 0.2) is 5.16 Å². The van der Waals surface area contributed by atoms with Gasteiger partial charge in [-0.1, -0.05) is 5.16 Å². The SMILES string of the molecule is CC(C=N)=NO. The highest BCUT2D eigenvalue weighted by atomic mass is 16.4. The van der Waals surface area contributed by atoms with Crippen molar-refractivity contribution in [3.05, 3.63) is 0 Å². The molecule has 0 aromatic carbocycles. The van der Waals surface area contributed by atoms with Gasteiger partial charge in [0.15, 0.2) is 0 Å². The molecule has 0 saturated carbocycles. The Hall–Kier alpha value is -0.860. The highest BCUT2D eigenvalue weighted by Gasteiger charge is 1.73. The first-order valence-corrected chi connectivity index (χ1v) is 1.50. The smallest absolute Gasteiger partial charge is 0.0939 e. The Morgan fingerprint density at radius 1 is 2.00 bits per heavy atom. The molecular formula is C3H6N2O. The molecular weight excluding hydrogens is 80.0 g/mol. The Morgan fingerprint density at radius 3 is 2.50 bits per heavy atom. The highest BCUT2D eigenvalue weighted by molar-refractivity contribution is 6.27. The summed E-state index contributed by atoms with van der Waals surface area (Å²) in [6.45, 7) is 1.53. The van der Waals surface area contributed by atoms with E-state index in [1.54, 1.807) is 0 Å². The molecule has 0 fully saturated rings. The second-order valence-electron chi connectivity index (χ2n) is 0.886. The summed E-state index contributed by atoms with van der Waals surface area (Å²) in [4.78, 5) is 0. The Balaban J connectivity index is 3.50. The van der Waals surface area contributed by atoms with Crippen molar-refractivity contribution < 1.29 is 5.21 Å². The molecule has 34 valence electrons. The van der Waals surface area contributed by atoms with Gasteiger partial charge in [-0.2, -0.15) is 0 Å². The fraction of sp³-hybridized carbons (Fsp3) is 0.333. The first-order valence-electron chi connectivity index (χ1n) is 1.50. The van der Waals surface area contributed by atoms with Crippen LogP contribution in [0.25, 0.3) is 0 Å². The summed E-state index contributed by atoms with van der Waals surface area (Å²) in [6.07, 6.45) is 0.972. The third kappa shape index (κ3) is 1.46. The van der Waals surface area contributed by atoms with Crippen LogP contribution in [0.5, 0.6) is 0 Å². The van der Waals surface area contributed by atoms with E-state index in [0.29, 0.717) is 5.71 Å². The van der Waals surface area contributed by atoms with Gasteiger partial charge in [-0.05, 0) is 6.92 Å². The second-order valence-corrected chi connectivity index (χ2v) is 0.886. The fourth-order valence-electron chi connectivity index (χ4n) is 0.0289. The van der Waals surface area contributed by atoms with Crippen molar-refractivity contribution >= 4 is 11.9 Å². The Bertz CT molecular complexity index is 76.9. The maximum absolute atomic E-state index is 7.77. The minimum Gasteiger partial charge on any atom is -0.411 e. The van der Waals surface area contributed by atoms with E-state index in [2.05, 4.69) is 5.16 Å². The predicted molar refractivity (Wildman–Crippen MR) is 23.7 cm³/mol. The van der Waals surface area contributed by atoms with Gasteiger partial charge in [0.05, 0.1) is 5.71 Å². The van der Waals surface area contributed by atoms with E-state index < -0.39 is 0 Å². The van der Waals surface area contributed by atoms with E-state index >= 15 is 0 Å². The van der Waals surface area contributed by atoms with Gasteiger partial charge >= 0.3 is 0 Å². The van der Waals surface area contributed by atoms with Crippen LogP contribution in [-0.4, -0.2) is 17.1 Å². The van der Waals surface area contributed by atoms with E-state index in [1.165, 1.54) is 6.92 Å². The van der Waals surface area contributed by atoms with Gasteiger partial charge in [0.25, 0.3) is 0 Å². The summed E-state index contributed by atoms with van der Waals surface area (Å²) in [5, 5.41) is 16.8. The second kappa shape index (κ2) is 2.38. The summed E-state index contributed by atoms with van der Waals surface area (Å²) >= 11 is 0. The lowest BCUT2D eigenvalue weighted by molar-refractivity contribution is 0.320. The topological polar surface area (TPSA) is 56.4 Å². The predicted octanol–water partition coefficient (Wildman–Crippen LogP) is 0.486. The third-order valence-electron chi connectivity index (χ3n) is 0.367. The molecule has 0 heterocycles. The van der Waals surface area contributed by atoms with E-state index in [0.717, 1.165) is 6.21 Å². The summed E-state index contributed by atoms with van der Waals surface area (Å²) in [5.41, 5.74) is 0.315. The van der Waals surface area contributed by atoms with Crippen LogP contribution < -0.4 is 0 Å². The molecule has 6 heavy (non-hydrogen) atoms. The van der Waals surface area contributed by atoms with Crippen molar-refractivity contribution in [3.63, 3.8) is 0 Å². The number of hydrogen-bond donors (Lipinski definition) is 2. The standard InChI is InChI=1S/C3H6N2O/c1-3(2-4)5-6/h2,4,6H,1H3. The molecule has 2 N–H and O–H groups in total. The minimum absolute atomic E-state index is 0.315. The number of hydrogen-bond acceptors (Lipinski definition) is 3. The molecule has 0 aliphatic carbocycles. The fourth-order valence-corrected chi connectivity index (χ4v) is 0.0289. The van der Waals surface area contributed by atoms with E-state index in [4.69, 9.17) is 10.6 Å². The summed E-state index contributed by atoms with van der Waals surface area (Å²) < 4.78 is 0. The van der Waals surface area contributed by atoms with Gasteiger partial charge in [0.2, 0.25) is 0 Å². The van der Waals surface area contributed by atoms with Crippen LogP contribution in [0.4, 0.5) is 0 Å². The third-order valence-corrected chi connectivity index (χ3v) is 0.367. The van der Waals surface area contributed by atoms with Crippen molar-refractivity contribution in [2.24, 2.45) is 5.16 Å². The van der Waals surface area contributed by atoms with Gasteiger partial charge in [-0.15, -0.1) is 0 Å². The average molecular weight is 86.1 g/mol. The first kappa shape index (κ1) is 5.14. The van der Waals surface area contributed by atoms with Gasteiger partial charge in [-0.25, -0.2) is 0 Å². The lowest BCUT2D eigenvalue weighted by Gasteiger charge is -1.74. The molecule has 3 heteroatoms. The van der Waals surface area contributed by atoms with Gasteiger partial charge in [0.1, 0.15) is 0 Å². The zero-order valence-corrected chi connectivity index (χ0v) is 3.47. The van der Waals surface area contributed by atoms with Crippen LogP contribution in [0.2, 0.25) is 0 Å². The van der Waals surface area contributed by atoms with Crippen LogP contribution >= 0.6 is 0 Å². The zero-order valence-electron chi connectivity index (χ0n) is 3.47. The number of nitrogens with one attached hydrogen (secondary N) is 1. The molecule has 0 aromatic rings. The van der Waals surface area contributed by atoms with Crippen molar-refractivity contribution in [3.8, 4) is 0 Å². The monoisotopic (exact) mass is 86.0 g/mol. The largest absolute Gasteiger partial charge is 0.411 e. The summed E-state index contributed by atoms with van der Waals surface area (Å²) in [6, 6.07) is 0. The normalized spacial score (nSPS) is 11.2. The van der Waals surface area contributed by atoms with Gasteiger partial charge < -0.3 is 10.6 Å². The number of nitrogens with zero attached hydrogens (tertiary/aromatic N) is 1. The molecule has 0 radical (unpaired) electrons. The zero-order chi connectivity index (χ0) is 4.99. The minimum atomic E-state index is 0.315. The summed E-state index contributed by atoms with van der Waals surface area (Å²) in [7, 11) is 0. The Labute approximate surface area is 35.8 Å².